The molecule has 0 aromatic rings. The third-order valence-electron chi connectivity index (χ3n) is 0.750. The monoisotopic (exact) mass is 130 g/mol. The van der Waals surface area contributed by atoms with Gasteiger partial charge in [-0.3, -0.25) is 0 Å². The Morgan fingerprint density at radius 3 is 2.56 bits per heavy atom. The van der Waals surface area contributed by atoms with Crippen molar-refractivity contribution in [2.75, 3.05) is 13.7 Å². The molecule has 0 aliphatic carbocycles. The van der Waals surface area contributed by atoms with E-state index in [4.69, 9.17) is 0 Å². The molecule has 0 aromatic heterocycles. The zero-order valence-electron chi connectivity index (χ0n) is 5.64. The van der Waals surface area contributed by atoms with Crippen molar-refractivity contribution < 1.29 is 14.3 Å². The number of carbonyl (C=O) groups is 1. The molecule has 0 saturated heterocycles. The molecule has 0 amide bonds. The molecule has 0 aliphatic rings. The van der Waals surface area contributed by atoms with Gasteiger partial charge in [0, 0.05) is 0 Å². The van der Waals surface area contributed by atoms with Gasteiger partial charge in [0.25, 0.3) is 0 Å². The van der Waals surface area contributed by atoms with E-state index in [0.29, 0.717) is 6.61 Å². The third-order valence-corrected chi connectivity index (χ3v) is 0.750. The molecule has 0 atom stereocenters. The van der Waals surface area contributed by atoms with Gasteiger partial charge < -0.3 is 9.47 Å². The zero-order valence-corrected chi connectivity index (χ0v) is 5.64. The highest BCUT2D eigenvalue weighted by Crippen LogP contribution is 1.92. The number of hydrogen-bond donors (Lipinski definition) is 0. The van der Waals surface area contributed by atoms with E-state index in [1.807, 2.05) is 0 Å². The van der Waals surface area contributed by atoms with Crippen molar-refractivity contribution in [2.45, 2.75) is 6.92 Å². The maximum atomic E-state index is 10.5. The molecule has 3 heteroatoms. The summed E-state index contributed by atoms with van der Waals surface area (Å²) in [5.74, 6) is -0.461. The molecule has 0 fully saturated rings. The maximum Gasteiger partial charge on any atom is 0.372 e. The van der Waals surface area contributed by atoms with Crippen molar-refractivity contribution in [3.05, 3.63) is 12.3 Å². The largest absolute Gasteiger partial charge is 0.490 e. The van der Waals surface area contributed by atoms with Crippen molar-refractivity contribution >= 4 is 5.97 Å². The van der Waals surface area contributed by atoms with E-state index in [9.17, 15) is 4.79 Å². The van der Waals surface area contributed by atoms with Crippen molar-refractivity contribution in [1.82, 2.24) is 0 Å². The van der Waals surface area contributed by atoms with Crippen LogP contribution < -0.4 is 0 Å². The second-order valence-corrected chi connectivity index (χ2v) is 1.35. The first-order valence-electron chi connectivity index (χ1n) is 2.62. The first-order valence-corrected chi connectivity index (χ1v) is 2.62. The van der Waals surface area contributed by atoms with E-state index in [0.717, 1.165) is 0 Å². The smallest absolute Gasteiger partial charge is 0.372 e. The van der Waals surface area contributed by atoms with Crippen molar-refractivity contribution in [3.8, 4) is 0 Å². The number of ether oxygens (including phenoxy) is 2. The highest BCUT2D eigenvalue weighted by atomic mass is 16.6. The van der Waals surface area contributed by atoms with Crippen LogP contribution in [0.3, 0.4) is 0 Å². The van der Waals surface area contributed by atoms with Crippen LogP contribution in [0, 0.1) is 0 Å². The predicted molar refractivity (Wildman–Crippen MR) is 32.8 cm³/mol. The summed E-state index contributed by atoms with van der Waals surface area (Å²) in [6.07, 6.45) is 0. The predicted octanol–water partition coefficient (Wildman–Crippen LogP) is 0.710. The summed E-state index contributed by atoms with van der Waals surface area (Å²) in [5, 5.41) is 0. The summed E-state index contributed by atoms with van der Waals surface area (Å²) < 4.78 is 9.03. The molecular weight excluding hydrogens is 120 g/mol. The normalized spacial score (nSPS) is 8.22. The molecule has 0 bridgehead atoms. The van der Waals surface area contributed by atoms with E-state index in [1.165, 1.54) is 7.11 Å². The molecule has 0 radical (unpaired) electrons. The molecular formula is C6H10O3. The molecule has 0 saturated carbocycles. The van der Waals surface area contributed by atoms with E-state index in [1.54, 1.807) is 6.92 Å². The minimum absolute atomic E-state index is 0.0388. The Labute approximate surface area is 54.3 Å². The number of rotatable bonds is 3. The van der Waals surface area contributed by atoms with Gasteiger partial charge in [-0.2, -0.15) is 0 Å². The summed E-state index contributed by atoms with van der Waals surface area (Å²) in [4.78, 5) is 10.5. The molecule has 9 heavy (non-hydrogen) atoms. The summed E-state index contributed by atoms with van der Waals surface area (Å²) in [6.45, 7) is 5.37. The van der Waals surface area contributed by atoms with Crippen LogP contribution in [0.15, 0.2) is 12.3 Å². The second-order valence-electron chi connectivity index (χ2n) is 1.35. The van der Waals surface area contributed by atoms with Gasteiger partial charge >= 0.3 is 5.97 Å². The Kier molecular flexibility index (Phi) is 3.51. The van der Waals surface area contributed by atoms with E-state index in [2.05, 4.69) is 16.1 Å². The standard InChI is InChI=1S/C6H10O3/c1-4-9-6(7)5(2)8-3/h2,4H2,1,3H3. The fraction of sp³-hybridized carbons (Fsp3) is 0.500. The zero-order chi connectivity index (χ0) is 7.28. The topological polar surface area (TPSA) is 35.5 Å². The highest BCUT2D eigenvalue weighted by molar-refractivity contribution is 5.85. The number of methoxy groups -OCH3 is 1. The Morgan fingerprint density at radius 2 is 2.22 bits per heavy atom. The Balaban J connectivity index is 3.60. The highest BCUT2D eigenvalue weighted by Gasteiger charge is 2.04. The minimum atomic E-state index is -0.500. The first kappa shape index (κ1) is 8.01. The fourth-order valence-corrected chi connectivity index (χ4v) is 0.295. The Bertz CT molecular complexity index is 117. The van der Waals surface area contributed by atoms with E-state index < -0.39 is 5.97 Å². The number of carbonyl (C=O) groups excluding carboxylic acids is 1. The van der Waals surface area contributed by atoms with Gasteiger partial charge in [-0.15, -0.1) is 0 Å². The average molecular weight is 130 g/mol. The SMILES string of the molecule is C=C(OC)C(=O)OCC. The van der Waals surface area contributed by atoms with Crippen LogP contribution in [0.4, 0.5) is 0 Å². The fourth-order valence-electron chi connectivity index (χ4n) is 0.295. The van der Waals surface area contributed by atoms with Crippen LogP contribution in [-0.2, 0) is 14.3 Å². The van der Waals surface area contributed by atoms with Gasteiger partial charge in [0.2, 0.25) is 0 Å². The molecule has 0 aromatic carbocycles. The van der Waals surface area contributed by atoms with Crippen LogP contribution in [0.25, 0.3) is 0 Å². The van der Waals surface area contributed by atoms with Gasteiger partial charge in [0.05, 0.1) is 13.7 Å². The lowest BCUT2D eigenvalue weighted by Crippen LogP contribution is -2.07. The van der Waals surface area contributed by atoms with Gasteiger partial charge in [-0.1, -0.05) is 0 Å². The van der Waals surface area contributed by atoms with Crippen molar-refractivity contribution in [1.29, 1.82) is 0 Å². The van der Waals surface area contributed by atoms with Crippen LogP contribution in [0.2, 0.25) is 0 Å². The Hall–Kier alpha value is -0.990. The van der Waals surface area contributed by atoms with Crippen LogP contribution in [-0.4, -0.2) is 19.7 Å². The molecule has 0 unspecified atom stereocenters. The van der Waals surface area contributed by atoms with Gasteiger partial charge in [0.15, 0.2) is 5.76 Å². The van der Waals surface area contributed by atoms with Gasteiger partial charge in [0.1, 0.15) is 0 Å². The lowest BCUT2D eigenvalue weighted by molar-refractivity contribution is -0.141. The summed E-state index contributed by atoms with van der Waals surface area (Å²) in [5.41, 5.74) is 0. The summed E-state index contributed by atoms with van der Waals surface area (Å²) >= 11 is 0. The number of hydrogen-bond acceptors (Lipinski definition) is 3. The van der Waals surface area contributed by atoms with Crippen LogP contribution >= 0.6 is 0 Å². The molecule has 3 nitrogen and oxygen atoms in total. The minimum Gasteiger partial charge on any atom is -0.490 e. The maximum absolute atomic E-state index is 10.5. The summed E-state index contributed by atoms with van der Waals surface area (Å²) in [6, 6.07) is 0. The van der Waals surface area contributed by atoms with Crippen LogP contribution in [0.5, 0.6) is 0 Å². The lowest BCUT2D eigenvalue weighted by Gasteiger charge is -2.01. The molecule has 0 aliphatic heterocycles. The Morgan fingerprint density at radius 1 is 1.67 bits per heavy atom. The molecule has 0 N–H and O–H groups in total. The second kappa shape index (κ2) is 3.95. The van der Waals surface area contributed by atoms with E-state index in [-0.39, 0.29) is 5.76 Å². The lowest BCUT2D eigenvalue weighted by atomic mass is 10.6. The van der Waals surface area contributed by atoms with Crippen LogP contribution in [0.1, 0.15) is 6.92 Å². The van der Waals surface area contributed by atoms with Gasteiger partial charge in [-0.25, -0.2) is 4.79 Å². The molecule has 0 heterocycles. The van der Waals surface area contributed by atoms with Crippen molar-refractivity contribution in [3.63, 3.8) is 0 Å². The average Bonchev–Trinajstić information content (AvgIpc) is 1.87. The molecule has 0 rings (SSSR count). The first-order chi connectivity index (χ1) is 4.22. The van der Waals surface area contributed by atoms with Crippen molar-refractivity contribution in [2.24, 2.45) is 0 Å². The third kappa shape index (κ3) is 2.74. The quantitative estimate of drug-likeness (QED) is 0.320. The number of esters is 1. The molecule has 0 spiro atoms. The molecule has 52 valence electrons. The van der Waals surface area contributed by atoms with Gasteiger partial charge in [-0.05, 0) is 13.5 Å². The van der Waals surface area contributed by atoms with E-state index >= 15 is 0 Å². The summed E-state index contributed by atoms with van der Waals surface area (Å²) in [7, 11) is 1.37.